The Morgan fingerprint density at radius 3 is 2.25 bits per heavy atom. The summed E-state index contributed by atoms with van der Waals surface area (Å²) in [5, 5.41) is 17.7. The van der Waals surface area contributed by atoms with Gasteiger partial charge in [-0.1, -0.05) is 46.1 Å². The molecule has 338 valence electrons. The maximum absolute atomic E-state index is 13.1. The summed E-state index contributed by atoms with van der Waals surface area (Å²) in [4.78, 5) is 77.4. The number of anilines is 6. The van der Waals surface area contributed by atoms with Crippen LogP contribution in [0.1, 0.15) is 104 Å². The Bertz CT molecular complexity index is 2550. The van der Waals surface area contributed by atoms with Crippen molar-refractivity contribution in [3.05, 3.63) is 89.1 Å². The standard InChI is InChI=1S/C46H56N10O7S/c1-29-28-49-45(53-41(29)51-35-11-10-12-37(64(47,62)63)40(35)46(2,3)4)50-30-14-17-32(18-15-30)54-23-25-55(26-24-54)39(58)13-8-6-5-7-9-22-48-31-16-19-33-34(27-31)44(61)56(43(33)60)36-20-21-38(57)52-42(36)59/h10-12,14-19,27-28,36,48H,5-9,13,20-26H2,1-4H3,(H2,47,62,63)(H,52,57,59)(H2,49,50,51,53). The lowest BCUT2D eigenvalue weighted by molar-refractivity contribution is -0.136. The Hall–Kier alpha value is -6.40. The van der Waals surface area contributed by atoms with Crippen LogP contribution in [0.15, 0.2) is 71.8 Å². The number of rotatable bonds is 16. The number of amides is 5. The second-order valence-corrected chi connectivity index (χ2v) is 19.0. The highest BCUT2D eigenvalue weighted by molar-refractivity contribution is 7.89. The lowest BCUT2D eigenvalue weighted by Gasteiger charge is -2.36. The second kappa shape index (κ2) is 19.1. The second-order valence-electron chi connectivity index (χ2n) is 17.5. The van der Waals surface area contributed by atoms with Crippen LogP contribution in [0.5, 0.6) is 0 Å². The number of piperidine rings is 1. The average molecular weight is 893 g/mol. The number of benzene rings is 3. The number of imide groups is 2. The first kappa shape index (κ1) is 45.6. The van der Waals surface area contributed by atoms with Crippen LogP contribution < -0.4 is 31.3 Å². The molecule has 3 aromatic carbocycles. The average Bonchev–Trinajstić information content (AvgIpc) is 3.50. The van der Waals surface area contributed by atoms with Gasteiger partial charge in [0, 0.05) is 85.6 Å². The van der Waals surface area contributed by atoms with Crippen molar-refractivity contribution in [2.24, 2.45) is 5.14 Å². The van der Waals surface area contributed by atoms with Crippen LogP contribution in [0.2, 0.25) is 0 Å². The van der Waals surface area contributed by atoms with Crippen molar-refractivity contribution in [2.75, 3.05) is 53.6 Å². The van der Waals surface area contributed by atoms with Crippen molar-refractivity contribution in [1.29, 1.82) is 0 Å². The number of hydrogen-bond donors (Lipinski definition) is 5. The van der Waals surface area contributed by atoms with Crippen molar-refractivity contribution in [2.45, 2.75) is 95.4 Å². The monoisotopic (exact) mass is 892 g/mol. The summed E-state index contributed by atoms with van der Waals surface area (Å²) in [6, 6.07) is 17.0. The molecule has 4 heterocycles. The minimum absolute atomic E-state index is 0.0659. The van der Waals surface area contributed by atoms with Crippen LogP contribution in [0, 0.1) is 6.92 Å². The first-order valence-corrected chi connectivity index (χ1v) is 23.3. The molecule has 7 rings (SSSR count). The normalized spacial score (nSPS) is 16.8. The van der Waals surface area contributed by atoms with E-state index in [-0.39, 0.29) is 34.8 Å². The predicted octanol–water partition coefficient (Wildman–Crippen LogP) is 5.72. The van der Waals surface area contributed by atoms with Gasteiger partial charge in [0.15, 0.2) is 0 Å². The molecule has 0 saturated carbocycles. The number of nitrogens with two attached hydrogens (primary N) is 1. The molecule has 0 aliphatic carbocycles. The number of piperazine rings is 1. The van der Waals surface area contributed by atoms with Crippen LogP contribution in [0.4, 0.5) is 34.5 Å². The Labute approximate surface area is 373 Å². The SMILES string of the molecule is Cc1cnc(Nc2ccc(N3CCN(C(=O)CCCCCCCNc4ccc5c(c4)C(=O)N(C4CCC(=O)NC4=O)C5=O)CC3)cc2)nc1Nc1cccc(S(N)(=O)=O)c1C(C)(C)C. The van der Waals surface area contributed by atoms with Crippen LogP contribution in [-0.2, 0) is 29.8 Å². The topological polar surface area (TPSA) is 229 Å². The molecule has 5 amide bonds. The van der Waals surface area contributed by atoms with Gasteiger partial charge in [0.05, 0.1) is 16.0 Å². The molecule has 2 fully saturated rings. The van der Waals surface area contributed by atoms with Gasteiger partial charge in [-0.25, -0.2) is 18.5 Å². The van der Waals surface area contributed by atoms with Gasteiger partial charge >= 0.3 is 0 Å². The van der Waals surface area contributed by atoms with Crippen LogP contribution in [0.25, 0.3) is 0 Å². The number of fused-ring (bicyclic) bond motifs is 1. The number of carbonyl (C=O) groups is 5. The molecule has 3 aliphatic rings. The zero-order valence-electron chi connectivity index (χ0n) is 36.7. The Morgan fingerprint density at radius 1 is 0.859 bits per heavy atom. The number of aromatic nitrogens is 2. The maximum Gasteiger partial charge on any atom is 0.262 e. The third-order valence-corrected chi connectivity index (χ3v) is 12.7. The third kappa shape index (κ3) is 10.5. The molecule has 17 nitrogen and oxygen atoms in total. The third-order valence-electron chi connectivity index (χ3n) is 11.8. The van der Waals surface area contributed by atoms with Crippen LogP contribution >= 0.6 is 0 Å². The van der Waals surface area contributed by atoms with Crippen LogP contribution in [-0.4, -0.2) is 96.5 Å². The highest BCUT2D eigenvalue weighted by Gasteiger charge is 2.44. The molecule has 0 radical (unpaired) electrons. The lowest BCUT2D eigenvalue weighted by atomic mass is 9.85. The summed E-state index contributed by atoms with van der Waals surface area (Å²) in [5.41, 5.74) is 4.49. The van der Waals surface area contributed by atoms with E-state index in [1.165, 1.54) is 6.07 Å². The molecule has 3 aliphatic heterocycles. The smallest absolute Gasteiger partial charge is 0.262 e. The highest BCUT2D eigenvalue weighted by atomic mass is 32.2. The van der Waals surface area contributed by atoms with E-state index in [0.717, 1.165) is 67.0 Å². The molecule has 0 bridgehead atoms. The van der Waals surface area contributed by atoms with E-state index in [1.54, 1.807) is 30.5 Å². The Balaban J connectivity index is 0.802. The van der Waals surface area contributed by atoms with Crippen LogP contribution in [0.3, 0.4) is 0 Å². The molecule has 6 N–H and O–H groups in total. The highest BCUT2D eigenvalue weighted by Crippen LogP contribution is 2.37. The summed E-state index contributed by atoms with van der Waals surface area (Å²) < 4.78 is 24.9. The fraction of sp³-hybridized carbons (Fsp3) is 0.413. The predicted molar refractivity (Wildman–Crippen MR) is 244 cm³/mol. The Kier molecular flexibility index (Phi) is 13.6. The minimum Gasteiger partial charge on any atom is -0.385 e. The maximum atomic E-state index is 13.1. The van der Waals surface area contributed by atoms with E-state index >= 15 is 0 Å². The fourth-order valence-electron chi connectivity index (χ4n) is 8.40. The van der Waals surface area contributed by atoms with E-state index in [1.807, 2.05) is 62.9 Å². The summed E-state index contributed by atoms with van der Waals surface area (Å²) >= 11 is 0. The van der Waals surface area contributed by atoms with E-state index in [4.69, 9.17) is 10.1 Å². The van der Waals surface area contributed by atoms with Crippen molar-refractivity contribution in [1.82, 2.24) is 25.1 Å². The molecule has 4 aromatic rings. The van der Waals surface area contributed by atoms with E-state index in [0.29, 0.717) is 54.8 Å². The molecular formula is C46H56N10O7S. The van der Waals surface area contributed by atoms with E-state index < -0.39 is 45.1 Å². The van der Waals surface area contributed by atoms with E-state index in [9.17, 15) is 32.4 Å². The molecule has 1 atom stereocenters. The summed E-state index contributed by atoms with van der Waals surface area (Å²) in [6.07, 6.45) is 7.08. The van der Waals surface area contributed by atoms with Gasteiger partial charge in [0.25, 0.3) is 11.8 Å². The van der Waals surface area contributed by atoms with Crippen molar-refractivity contribution in [3.63, 3.8) is 0 Å². The van der Waals surface area contributed by atoms with Crippen molar-refractivity contribution in [3.8, 4) is 0 Å². The van der Waals surface area contributed by atoms with Gasteiger partial charge in [0.1, 0.15) is 11.9 Å². The zero-order valence-corrected chi connectivity index (χ0v) is 37.5. The number of primary sulfonamides is 1. The van der Waals surface area contributed by atoms with Crippen molar-refractivity contribution < 1.29 is 32.4 Å². The van der Waals surface area contributed by atoms with E-state index in [2.05, 4.69) is 31.2 Å². The van der Waals surface area contributed by atoms with Gasteiger partial charge < -0.3 is 25.8 Å². The molecular weight excluding hydrogens is 837 g/mol. The molecule has 2 saturated heterocycles. The molecule has 64 heavy (non-hydrogen) atoms. The number of nitrogens with zero attached hydrogens (tertiary/aromatic N) is 5. The largest absolute Gasteiger partial charge is 0.385 e. The first-order valence-electron chi connectivity index (χ1n) is 21.7. The number of unbranched alkanes of at least 4 members (excludes halogenated alkanes) is 4. The molecule has 18 heteroatoms. The number of aryl methyl sites for hydroxylation is 1. The minimum atomic E-state index is -3.96. The fourth-order valence-corrected chi connectivity index (χ4v) is 9.37. The quantitative estimate of drug-likeness (QED) is 0.0671. The summed E-state index contributed by atoms with van der Waals surface area (Å²) in [5.74, 6) is -1.00. The number of carbonyl (C=O) groups excluding carboxylic acids is 5. The number of sulfonamides is 1. The Morgan fingerprint density at radius 2 is 1.55 bits per heavy atom. The van der Waals surface area contributed by atoms with Gasteiger partial charge in [0.2, 0.25) is 33.7 Å². The molecule has 0 spiro atoms. The molecule has 1 unspecified atom stereocenters. The zero-order chi connectivity index (χ0) is 45.8. The van der Waals surface area contributed by atoms with Gasteiger partial charge in [-0.05, 0) is 86.2 Å². The van der Waals surface area contributed by atoms with Gasteiger partial charge in [-0.2, -0.15) is 4.98 Å². The van der Waals surface area contributed by atoms with Crippen molar-refractivity contribution >= 4 is 74.1 Å². The summed E-state index contributed by atoms with van der Waals surface area (Å²) in [7, 11) is -3.96. The number of nitrogens with one attached hydrogen (secondary N) is 4. The summed E-state index contributed by atoms with van der Waals surface area (Å²) in [6.45, 7) is 11.1. The molecule has 1 aromatic heterocycles. The lowest BCUT2D eigenvalue weighted by Crippen LogP contribution is -2.54. The van der Waals surface area contributed by atoms with Gasteiger partial charge in [-0.15, -0.1) is 0 Å². The van der Waals surface area contributed by atoms with Gasteiger partial charge in [-0.3, -0.25) is 34.2 Å². The first-order chi connectivity index (χ1) is 30.5. The number of hydrogen-bond acceptors (Lipinski definition) is 13.